The van der Waals surface area contributed by atoms with Gasteiger partial charge in [0.2, 0.25) is 0 Å². The van der Waals surface area contributed by atoms with E-state index in [1.165, 1.54) is 5.56 Å². The summed E-state index contributed by atoms with van der Waals surface area (Å²) in [5.74, 6) is 0.705. The van der Waals surface area contributed by atoms with Gasteiger partial charge in [-0.15, -0.1) is 0 Å². The Morgan fingerprint density at radius 3 is 2.55 bits per heavy atom. The smallest absolute Gasteiger partial charge is 0.122 e. The van der Waals surface area contributed by atoms with E-state index in [4.69, 9.17) is 4.74 Å². The largest absolute Gasteiger partial charge is 0.496 e. The lowest BCUT2D eigenvalue weighted by molar-refractivity contribution is 0.409. The van der Waals surface area contributed by atoms with E-state index in [9.17, 15) is 5.26 Å². The van der Waals surface area contributed by atoms with E-state index in [0.29, 0.717) is 6.42 Å². The van der Waals surface area contributed by atoms with Crippen molar-refractivity contribution in [1.82, 2.24) is 0 Å². The Hall–Kier alpha value is -2.27. The van der Waals surface area contributed by atoms with Gasteiger partial charge in [0.15, 0.2) is 0 Å². The topological polar surface area (TPSA) is 33.0 Å². The molecule has 0 radical (unpaired) electrons. The normalized spacial score (nSPS) is 11.7. The predicted molar refractivity (Wildman–Crippen MR) is 81.0 cm³/mol. The molecule has 2 rings (SSSR count). The molecule has 2 heteroatoms. The number of rotatable bonds is 4. The number of methoxy groups -OCH3 is 1. The maximum atomic E-state index is 9.51. The van der Waals surface area contributed by atoms with Gasteiger partial charge in [-0.1, -0.05) is 42.0 Å². The number of hydrogen-bond acceptors (Lipinski definition) is 2. The zero-order valence-corrected chi connectivity index (χ0v) is 12.2. The summed E-state index contributed by atoms with van der Waals surface area (Å²) in [5, 5.41) is 9.51. The van der Waals surface area contributed by atoms with Crippen LogP contribution in [0.1, 0.15) is 28.2 Å². The van der Waals surface area contributed by atoms with Crippen molar-refractivity contribution in [2.24, 2.45) is 0 Å². The highest BCUT2D eigenvalue weighted by Gasteiger charge is 2.16. The van der Waals surface area contributed by atoms with Crippen LogP contribution < -0.4 is 4.74 Å². The third-order valence-corrected chi connectivity index (χ3v) is 3.58. The van der Waals surface area contributed by atoms with Crippen molar-refractivity contribution in [3.05, 3.63) is 64.7 Å². The Morgan fingerprint density at radius 1 is 1.15 bits per heavy atom. The lowest BCUT2D eigenvalue weighted by atomic mass is 9.89. The summed E-state index contributed by atoms with van der Waals surface area (Å²) in [6.45, 7) is 4.10. The zero-order valence-electron chi connectivity index (χ0n) is 12.2. The molecule has 0 saturated heterocycles. The average molecular weight is 265 g/mol. The highest BCUT2D eigenvalue weighted by Crippen LogP contribution is 2.28. The maximum Gasteiger partial charge on any atom is 0.122 e. The SMILES string of the molecule is COc1ccc(C)cc1CC(C#N)c1ccccc1C. The number of aryl methyl sites for hydroxylation is 2. The maximum absolute atomic E-state index is 9.51. The van der Waals surface area contributed by atoms with Gasteiger partial charge in [-0.2, -0.15) is 5.26 Å². The molecule has 1 atom stereocenters. The summed E-state index contributed by atoms with van der Waals surface area (Å²) in [4.78, 5) is 0. The van der Waals surface area contributed by atoms with Crippen LogP contribution in [0.3, 0.4) is 0 Å². The summed E-state index contributed by atoms with van der Waals surface area (Å²) in [7, 11) is 1.67. The first kappa shape index (κ1) is 14.1. The van der Waals surface area contributed by atoms with Gasteiger partial charge in [0.25, 0.3) is 0 Å². The molecule has 2 nitrogen and oxygen atoms in total. The molecule has 0 spiro atoms. The summed E-state index contributed by atoms with van der Waals surface area (Å²) in [6.07, 6.45) is 0.673. The average Bonchev–Trinajstić information content (AvgIpc) is 2.46. The van der Waals surface area contributed by atoms with Crippen molar-refractivity contribution >= 4 is 0 Å². The number of hydrogen-bond donors (Lipinski definition) is 0. The van der Waals surface area contributed by atoms with Gasteiger partial charge >= 0.3 is 0 Å². The molecule has 2 aromatic rings. The minimum absolute atomic E-state index is 0.146. The predicted octanol–water partition coefficient (Wildman–Crippen LogP) is 4.16. The van der Waals surface area contributed by atoms with Gasteiger partial charge in [-0.05, 0) is 43.0 Å². The van der Waals surface area contributed by atoms with Crippen molar-refractivity contribution in [2.75, 3.05) is 7.11 Å². The third-order valence-electron chi connectivity index (χ3n) is 3.58. The fourth-order valence-electron chi connectivity index (χ4n) is 2.49. The standard InChI is InChI=1S/C18H19NO/c1-13-8-9-18(20-3)15(10-13)11-16(12-19)17-7-5-4-6-14(17)2/h4-10,16H,11H2,1-3H3. The third kappa shape index (κ3) is 3.00. The Kier molecular flexibility index (Phi) is 4.42. The molecule has 2 aromatic carbocycles. The van der Waals surface area contributed by atoms with Crippen LogP contribution in [0, 0.1) is 25.2 Å². The highest BCUT2D eigenvalue weighted by molar-refractivity contribution is 5.41. The van der Waals surface area contributed by atoms with Gasteiger partial charge in [0.1, 0.15) is 5.75 Å². The van der Waals surface area contributed by atoms with Gasteiger partial charge < -0.3 is 4.74 Å². The van der Waals surface area contributed by atoms with Gasteiger partial charge in [0.05, 0.1) is 19.1 Å². The molecule has 0 amide bonds. The second kappa shape index (κ2) is 6.25. The van der Waals surface area contributed by atoms with Crippen molar-refractivity contribution < 1.29 is 4.74 Å². The first-order chi connectivity index (χ1) is 9.65. The van der Waals surface area contributed by atoms with Gasteiger partial charge in [0, 0.05) is 0 Å². The van der Waals surface area contributed by atoms with Crippen LogP contribution in [-0.4, -0.2) is 7.11 Å². The monoisotopic (exact) mass is 265 g/mol. The van der Waals surface area contributed by atoms with Crippen molar-refractivity contribution in [3.63, 3.8) is 0 Å². The molecule has 20 heavy (non-hydrogen) atoms. The van der Waals surface area contributed by atoms with E-state index >= 15 is 0 Å². The molecule has 0 aliphatic heterocycles. The molecule has 102 valence electrons. The zero-order chi connectivity index (χ0) is 14.5. The van der Waals surface area contributed by atoms with E-state index < -0.39 is 0 Å². The molecule has 0 N–H and O–H groups in total. The van der Waals surface area contributed by atoms with E-state index in [1.807, 2.05) is 43.3 Å². The number of benzene rings is 2. The van der Waals surface area contributed by atoms with Crippen LogP contribution in [-0.2, 0) is 6.42 Å². The van der Waals surface area contributed by atoms with Crippen molar-refractivity contribution in [2.45, 2.75) is 26.2 Å². The molecule has 0 aromatic heterocycles. The second-order valence-electron chi connectivity index (χ2n) is 5.06. The van der Waals surface area contributed by atoms with Crippen LogP contribution in [0.5, 0.6) is 5.75 Å². The van der Waals surface area contributed by atoms with Gasteiger partial charge in [-0.3, -0.25) is 0 Å². The first-order valence-corrected chi connectivity index (χ1v) is 6.74. The quantitative estimate of drug-likeness (QED) is 0.831. The fraction of sp³-hybridized carbons (Fsp3) is 0.278. The molecular formula is C18H19NO. The minimum Gasteiger partial charge on any atom is -0.496 e. The molecular weight excluding hydrogens is 246 g/mol. The Morgan fingerprint density at radius 2 is 1.90 bits per heavy atom. The Labute approximate surface area is 120 Å². The number of nitrogens with zero attached hydrogens (tertiary/aromatic N) is 1. The molecule has 0 aliphatic rings. The van der Waals surface area contributed by atoms with Crippen molar-refractivity contribution in [3.8, 4) is 11.8 Å². The molecule has 0 fully saturated rings. The first-order valence-electron chi connectivity index (χ1n) is 6.74. The number of nitriles is 1. The van der Waals surface area contributed by atoms with Crippen LogP contribution in [0.4, 0.5) is 0 Å². The summed E-state index contributed by atoms with van der Waals surface area (Å²) in [5.41, 5.74) is 4.52. The molecule has 0 bridgehead atoms. The van der Waals surface area contributed by atoms with E-state index in [2.05, 4.69) is 19.1 Å². The van der Waals surface area contributed by atoms with Crippen LogP contribution in [0.25, 0.3) is 0 Å². The summed E-state index contributed by atoms with van der Waals surface area (Å²) in [6, 6.07) is 16.6. The van der Waals surface area contributed by atoms with Crippen LogP contribution in [0.2, 0.25) is 0 Å². The molecule has 0 saturated carbocycles. The fourth-order valence-corrected chi connectivity index (χ4v) is 2.49. The second-order valence-corrected chi connectivity index (χ2v) is 5.06. The van der Waals surface area contributed by atoms with E-state index in [-0.39, 0.29) is 5.92 Å². The number of ether oxygens (including phenoxy) is 1. The molecule has 1 unspecified atom stereocenters. The highest BCUT2D eigenvalue weighted by atomic mass is 16.5. The summed E-state index contributed by atoms with van der Waals surface area (Å²) >= 11 is 0. The lowest BCUT2D eigenvalue weighted by Gasteiger charge is -2.15. The Balaban J connectivity index is 2.35. The van der Waals surface area contributed by atoms with Gasteiger partial charge in [-0.25, -0.2) is 0 Å². The van der Waals surface area contributed by atoms with E-state index in [1.54, 1.807) is 7.11 Å². The van der Waals surface area contributed by atoms with E-state index in [0.717, 1.165) is 22.4 Å². The minimum atomic E-state index is -0.146. The lowest BCUT2D eigenvalue weighted by Crippen LogP contribution is -2.04. The van der Waals surface area contributed by atoms with Crippen LogP contribution in [0.15, 0.2) is 42.5 Å². The Bertz CT molecular complexity index is 640. The molecule has 0 heterocycles. The molecule has 0 aliphatic carbocycles. The van der Waals surface area contributed by atoms with Crippen molar-refractivity contribution in [1.29, 1.82) is 5.26 Å². The van der Waals surface area contributed by atoms with Crippen LogP contribution >= 0.6 is 0 Å². The summed E-state index contributed by atoms with van der Waals surface area (Å²) < 4.78 is 5.40.